The Morgan fingerprint density at radius 1 is 1.04 bits per heavy atom. The van der Waals surface area contributed by atoms with Crippen molar-refractivity contribution >= 4 is 17.2 Å². The standard InChI is InChI=1S/C23H23NO3S/c25-23-17-26-20(15-24(23)14-18-7-2-1-3-8-18)16-27-22-11-5-4-9-19(22)13-21-10-6-12-28-21/h1-12,20H,13-17H2. The van der Waals surface area contributed by atoms with Crippen LogP contribution in [0.25, 0.3) is 0 Å². The lowest BCUT2D eigenvalue weighted by molar-refractivity contribution is -0.151. The highest BCUT2D eigenvalue weighted by Gasteiger charge is 2.27. The van der Waals surface area contributed by atoms with Gasteiger partial charge >= 0.3 is 0 Å². The van der Waals surface area contributed by atoms with Gasteiger partial charge in [-0.05, 0) is 28.6 Å². The van der Waals surface area contributed by atoms with Gasteiger partial charge in [-0.25, -0.2) is 0 Å². The molecule has 2 heterocycles. The monoisotopic (exact) mass is 393 g/mol. The van der Waals surface area contributed by atoms with Crippen molar-refractivity contribution in [1.29, 1.82) is 0 Å². The van der Waals surface area contributed by atoms with Gasteiger partial charge in [-0.3, -0.25) is 4.79 Å². The number of ether oxygens (including phenoxy) is 2. The molecule has 0 radical (unpaired) electrons. The van der Waals surface area contributed by atoms with Crippen molar-refractivity contribution in [1.82, 2.24) is 4.90 Å². The number of morpholine rings is 1. The van der Waals surface area contributed by atoms with Gasteiger partial charge in [-0.1, -0.05) is 54.6 Å². The summed E-state index contributed by atoms with van der Waals surface area (Å²) in [6.45, 7) is 1.69. The summed E-state index contributed by atoms with van der Waals surface area (Å²) in [5, 5.41) is 2.09. The lowest BCUT2D eigenvalue weighted by Gasteiger charge is -2.32. The molecule has 1 aliphatic rings. The molecule has 0 spiro atoms. The van der Waals surface area contributed by atoms with Crippen LogP contribution in [-0.4, -0.2) is 36.7 Å². The summed E-state index contributed by atoms with van der Waals surface area (Å²) >= 11 is 1.75. The lowest BCUT2D eigenvalue weighted by atomic mass is 10.1. The zero-order valence-corrected chi connectivity index (χ0v) is 16.4. The third kappa shape index (κ3) is 4.80. The Bertz CT molecular complexity index is 895. The molecule has 1 aliphatic heterocycles. The highest BCUT2D eigenvalue weighted by molar-refractivity contribution is 7.09. The highest BCUT2D eigenvalue weighted by atomic mass is 32.1. The van der Waals surface area contributed by atoms with Crippen LogP contribution in [0.1, 0.15) is 16.0 Å². The number of nitrogens with zero attached hydrogens (tertiary/aromatic N) is 1. The topological polar surface area (TPSA) is 38.8 Å². The smallest absolute Gasteiger partial charge is 0.248 e. The van der Waals surface area contributed by atoms with Gasteiger partial charge in [0.1, 0.15) is 25.1 Å². The van der Waals surface area contributed by atoms with E-state index < -0.39 is 0 Å². The molecule has 2 aromatic carbocycles. The number of para-hydroxylation sites is 1. The third-order valence-corrected chi connectivity index (χ3v) is 5.65. The summed E-state index contributed by atoms with van der Waals surface area (Å²) in [6.07, 6.45) is 0.731. The fourth-order valence-electron chi connectivity index (χ4n) is 3.31. The number of benzene rings is 2. The molecule has 1 unspecified atom stereocenters. The maximum absolute atomic E-state index is 12.2. The van der Waals surface area contributed by atoms with Gasteiger partial charge in [0.15, 0.2) is 0 Å². The lowest BCUT2D eigenvalue weighted by Crippen LogP contribution is -2.48. The van der Waals surface area contributed by atoms with E-state index in [1.807, 2.05) is 53.4 Å². The SMILES string of the molecule is O=C1COC(COc2ccccc2Cc2cccs2)CN1Cc1ccccc1. The van der Waals surface area contributed by atoms with Crippen molar-refractivity contribution in [2.24, 2.45) is 0 Å². The molecule has 1 saturated heterocycles. The summed E-state index contributed by atoms with van der Waals surface area (Å²) in [6, 6.07) is 22.4. The first-order valence-electron chi connectivity index (χ1n) is 9.44. The maximum Gasteiger partial charge on any atom is 0.248 e. The van der Waals surface area contributed by atoms with Crippen molar-refractivity contribution in [3.63, 3.8) is 0 Å². The van der Waals surface area contributed by atoms with Crippen LogP contribution < -0.4 is 4.74 Å². The number of hydrogen-bond donors (Lipinski definition) is 0. The summed E-state index contributed by atoms with van der Waals surface area (Å²) in [4.78, 5) is 15.4. The second-order valence-electron chi connectivity index (χ2n) is 6.87. The van der Waals surface area contributed by atoms with Crippen LogP contribution in [0, 0.1) is 0 Å². The Morgan fingerprint density at radius 2 is 1.86 bits per heavy atom. The van der Waals surface area contributed by atoms with Crippen LogP contribution in [0.4, 0.5) is 0 Å². The zero-order valence-electron chi connectivity index (χ0n) is 15.6. The van der Waals surface area contributed by atoms with E-state index >= 15 is 0 Å². The van der Waals surface area contributed by atoms with Gasteiger partial charge in [0.25, 0.3) is 0 Å². The van der Waals surface area contributed by atoms with Gasteiger partial charge < -0.3 is 14.4 Å². The molecular weight excluding hydrogens is 370 g/mol. The van der Waals surface area contributed by atoms with Gasteiger partial charge in [0, 0.05) is 17.8 Å². The summed E-state index contributed by atoms with van der Waals surface area (Å²) in [5.41, 5.74) is 2.29. The van der Waals surface area contributed by atoms with E-state index in [1.165, 1.54) is 4.88 Å². The van der Waals surface area contributed by atoms with Crippen molar-refractivity contribution in [3.8, 4) is 5.75 Å². The Morgan fingerprint density at radius 3 is 2.68 bits per heavy atom. The van der Waals surface area contributed by atoms with Gasteiger partial charge in [0.2, 0.25) is 5.91 Å². The zero-order chi connectivity index (χ0) is 19.2. The van der Waals surface area contributed by atoms with E-state index in [1.54, 1.807) is 11.3 Å². The first kappa shape index (κ1) is 18.7. The molecule has 1 aromatic heterocycles. The molecule has 1 fully saturated rings. The number of amides is 1. The minimum absolute atomic E-state index is 0.0261. The van der Waals surface area contributed by atoms with E-state index in [2.05, 4.69) is 23.6 Å². The summed E-state index contributed by atoms with van der Waals surface area (Å²) in [5.74, 6) is 0.907. The average molecular weight is 394 g/mol. The molecule has 0 N–H and O–H groups in total. The number of carbonyl (C=O) groups is 1. The van der Waals surface area contributed by atoms with Crippen LogP contribution in [0.5, 0.6) is 5.75 Å². The van der Waals surface area contributed by atoms with Crippen molar-refractivity contribution in [3.05, 3.63) is 88.1 Å². The third-order valence-electron chi connectivity index (χ3n) is 4.78. The van der Waals surface area contributed by atoms with E-state index in [-0.39, 0.29) is 18.6 Å². The van der Waals surface area contributed by atoms with Crippen molar-refractivity contribution in [2.75, 3.05) is 19.8 Å². The second-order valence-corrected chi connectivity index (χ2v) is 7.90. The minimum atomic E-state index is -0.129. The molecule has 1 atom stereocenters. The number of thiophene rings is 1. The first-order chi connectivity index (χ1) is 13.8. The van der Waals surface area contributed by atoms with E-state index in [0.717, 1.165) is 23.3 Å². The summed E-state index contributed by atoms with van der Waals surface area (Å²) < 4.78 is 11.8. The number of carbonyl (C=O) groups excluding carboxylic acids is 1. The largest absolute Gasteiger partial charge is 0.491 e. The maximum atomic E-state index is 12.2. The Labute approximate surface area is 169 Å². The molecule has 0 aliphatic carbocycles. The molecule has 1 amide bonds. The normalized spacial score (nSPS) is 16.9. The number of hydrogen-bond acceptors (Lipinski definition) is 4. The van der Waals surface area contributed by atoms with Crippen LogP contribution in [0.3, 0.4) is 0 Å². The van der Waals surface area contributed by atoms with E-state index in [4.69, 9.17) is 9.47 Å². The molecule has 4 rings (SSSR count). The molecule has 5 heteroatoms. The average Bonchev–Trinajstić information content (AvgIpc) is 3.23. The van der Waals surface area contributed by atoms with Gasteiger partial charge in [0.05, 0.1) is 6.54 Å². The fourth-order valence-corrected chi connectivity index (χ4v) is 4.04. The quantitative estimate of drug-likeness (QED) is 0.605. The van der Waals surface area contributed by atoms with Crippen LogP contribution >= 0.6 is 11.3 Å². The summed E-state index contributed by atoms with van der Waals surface area (Å²) in [7, 11) is 0. The molecular formula is C23H23NO3S. The van der Waals surface area contributed by atoms with Crippen LogP contribution in [0.15, 0.2) is 72.1 Å². The second kappa shape index (κ2) is 9.04. The fraction of sp³-hybridized carbons (Fsp3) is 0.261. The minimum Gasteiger partial charge on any atom is -0.491 e. The van der Waals surface area contributed by atoms with Gasteiger partial charge in [-0.15, -0.1) is 11.3 Å². The number of rotatable bonds is 7. The predicted octanol–water partition coefficient (Wildman–Crippen LogP) is 4.15. The molecule has 28 heavy (non-hydrogen) atoms. The van der Waals surface area contributed by atoms with Crippen molar-refractivity contribution < 1.29 is 14.3 Å². The highest BCUT2D eigenvalue weighted by Crippen LogP contribution is 2.24. The van der Waals surface area contributed by atoms with Crippen LogP contribution in [0.2, 0.25) is 0 Å². The Balaban J connectivity index is 1.36. The molecule has 144 valence electrons. The van der Waals surface area contributed by atoms with E-state index in [9.17, 15) is 4.79 Å². The van der Waals surface area contributed by atoms with Crippen LogP contribution in [-0.2, 0) is 22.5 Å². The van der Waals surface area contributed by atoms with Gasteiger partial charge in [-0.2, -0.15) is 0 Å². The molecule has 0 bridgehead atoms. The van der Waals surface area contributed by atoms with Crippen molar-refractivity contribution in [2.45, 2.75) is 19.1 Å². The Hall–Kier alpha value is -2.63. The first-order valence-corrected chi connectivity index (χ1v) is 10.3. The molecule has 0 saturated carbocycles. The molecule has 3 aromatic rings. The van der Waals surface area contributed by atoms with E-state index in [0.29, 0.717) is 19.7 Å². The Kier molecular flexibility index (Phi) is 6.04. The predicted molar refractivity (Wildman–Crippen MR) is 111 cm³/mol. The molecule has 4 nitrogen and oxygen atoms in total.